The number of carboxylic acid groups (broad SMARTS) is 1. The number of rotatable bonds is 6. The molecule has 0 saturated heterocycles. The number of anilines is 1. The van der Waals surface area contributed by atoms with Crippen molar-refractivity contribution in [2.45, 2.75) is 20.5 Å². The van der Waals surface area contributed by atoms with Gasteiger partial charge in [-0.05, 0) is 37.6 Å². The summed E-state index contributed by atoms with van der Waals surface area (Å²) in [7, 11) is 0. The van der Waals surface area contributed by atoms with Gasteiger partial charge in [-0.3, -0.25) is 0 Å². The Morgan fingerprint density at radius 2 is 1.69 bits per heavy atom. The van der Waals surface area contributed by atoms with E-state index in [-0.39, 0.29) is 12.2 Å². The Kier molecular flexibility index (Phi) is 5.14. The highest BCUT2D eigenvalue weighted by Crippen LogP contribution is 2.30. The molecule has 0 fully saturated rings. The molecule has 0 aliphatic rings. The van der Waals surface area contributed by atoms with Gasteiger partial charge in [-0.15, -0.1) is 0 Å². The third kappa shape index (κ3) is 3.36. The number of fused-ring (bicyclic) bond motifs is 1. The van der Waals surface area contributed by atoms with Crippen molar-refractivity contribution in [2.24, 2.45) is 0 Å². The molecule has 0 amide bonds. The Morgan fingerprint density at radius 3 is 2.27 bits per heavy atom. The van der Waals surface area contributed by atoms with Crippen molar-refractivity contribution in [1.82, 2.24) is 9.97 Å². The van der Waals surface area contributed by atoms with Crippen LogP contribution in [0.3, 0.4) is 0 Å². The van der Waals surface area contributed by atoms with Crippen LogP contribution in [0.1, 0.15) is 29.8 Å². The molecule has 0 spiro atoms. The van der Waals surface area contributed by atoms with Gasteiger partial charge in [-0.2, -0.15) is 0 Å². The largest absolute Gasteiger partial charge is 0.478 e. The molecule has 0 unspecified atom stereocenters. The van der Waals surface area contributed by atoms with Gasteiger partial charge in [0.2, 0.25) is 0 Å². The van der Waals surface area contributed by atoms with Crippen LogP contribution in [-0.2, 0) is 6.61 Å². The maximum Gasteiger partial charge on any atom is 0.335 e. The zero-order valence-electron chi connectivity index (χ0n) is 14.8. The molecule has 0 aliphatic heterocycles. The van der Waals surface area contributed by atoms with Crippen molar-refractivity contribution < 1.29 is 15.0 Å². The quantitative estimate of drug-likeness (QED) is 0.708. The number of hydrogen-bond donors (Lipinski definition) is 2. The van der Waals surface area contributed by atoms with Gasteiger partial charge in [-0.1, -0.05) is 24.3 Å². The minimum atomic E-state index is -0.984. The predicted octanol–water partition coefficient (Wildman–Crippen LogP) is 3.33. The van der Waals surface area contributed by atoms with Crippen molar-refractivity contribution in [2.75, 3.05) is 18.0 Å². The number of hydrogen-bond acceptors (Lipinski definition) is 5. The first kappa shape index (κ1) is 17.8. The summed E-state index contributed by atoms with van der Waals surface area (Å²) < 4.78 is 0. The second-order valence-corrected chi connectivity index (χ2v) is 5.93. The van der Waals surface area contributed by atoms with E-state index in [0.717, 1.165) is 35.7 Å². The number of aromatic nitrogens is 2. The van der Waals surface area contributed by atoms with E-state index in [1.807, 2.05) is 38.1 Å². The van der Waals surface area contributed by atoms with Crippen LogP contribution >= 0.6 is 0 Å². The molecule has 6 heteroatoms. The molecular weight excluding hydrogens is 330 g/mol. The summed E-state index contributed by atoms with van der Waals surface area (Å²) in [6.07, 6.45) is 0. The van der Waals surface area contributed by atoms with Gasteiger partial charge in [-0.25, -0.2) is 14.8 Å². The first-order chi connectivity index (χ1) is 12.6. The lowest BCUT2D eigenvalue weighted by molar-refractivity contribution is 0.0697. The maximum absolute atomic E-state index is 11.2. The molecule has 6 nitrogen and oxygen atoms in total. The monoisotopic (exact) mass is 351 g/mol. The number of carbonyl (C=O) groups is 1. The molecule has 2 aromatic carbocycles. The number of benzene rings is 2. The average molecular weight is 351 g/mol. The van der Waals surface area contributed by atoms with Crippen molar-refractivity contribution in [3.8, 4) is 11.3 Å². The second kappa shape index (κ2) is 7.49. The second-order valence-electron chi connectivity index (χ2n) is 5.93. The number of carboxylic acids is 1. The third-order valence-electron chi connectivity index (χ3n) is 4.37. The summed E-state index contributed by atoms with van der Waals surface area (Å²) in [5.74, 6) is -0.261. The standard InChI is InChI=1S/C20H21N3O3/c1-3-23(4-2)19-18(14-7-5-13(12-24)6-8-14)21-16-10-9-15(20(25)26)11-17(16)22-19/h5-11,24H,3-4,12H2,1-2H3,(H,25,26). The van der Waals surface area contributed by atoms with Crippen LogP contribution < -0.4 is 4.90 Å². The van der Waals surface area contributed by atoms with Gasteiger partial charge in [0, 0.05) is 18.7 Å². The van der Waals surface area contributed by atoms with Crippen LogP contribution in [-0.4, -0.2) is 39.2 Å². The van der Waals surface area contributed by atoms with Crippen molar-refractivity contribution in [1.29, 1.82) is 0 Å². The molecule has 2 N–H and O–H groups in total. The summed E-state index contributed by atoms with van der Waals surface area (Å²) in [5.41, 5.74) is 3.87. The van der Waals surface area contributed by atoms with E-state index in [2.05, 4.69) is 4.90 Å². The highest BCUT2D eigenvalue weighted by Gasteiger charge is 2.16. The number of aliphatic hydroxyl groups excluding tert-OH is 1. The van der Waals surface area contributed by atoms with E-state index in [1.54, 1.807) is 12.1 Å². The molecule has 1 aromatic heterocycles. The van der Waals surface area contributed by atoms with Crippen LogP contribution in [0, 0.1) is 0 Å². The zero-order valence-corrected chi connectivity index (χ0v) is 14.8. The molecule has 3 rings (SSSR count). The van der Waals surface area contributed by atoms with Crippen molar-refractivity contribution >= 4 is 22.8 Å². The van der Waals surface area contributed by atoms with Gasteiger partial charge in [0.25, 0.3) is 0 Å². The Balaban J connectivity index is 2.22. The first-order valence-corrected chi connectivity index (χ1v) is 8.57. The Morgan fingerprint density at radius 1 is 1.00 bits per heavy atom. The molecule has 0 atom stereocenters. The topological polar surface area (TPSA) is 86.6 Å². The van der Waals surface area contributed by atoms with Gasteiger partial charge < -0.3 is 15.1 Å². The van der Waals surface area contributed by atoms with Gasteiger partial charge in [0.15, 0.2) is 5.82 Å². The van der Waals surface area contributed by atoms with Crippen LogP contribution in [0.15, 0.2) is 42.5 Å². The van der Waals surface area contributed by atoms with Crippen LogP contribution in [0.25, 0.3) is 22.3 Å². The lowest BCUT2D eigenvalue weighted by atomic mass is 10.1. The molecule has 0 saturated carbocycles. The number of aliphatic hydroxyl groups is 1. The molecular formula is C20H21N3O3. The lowest BCUT2D eigenvalue weighted by Gasteiger charge is -2.23. The van der Waals surface area contributed by atoms with Gasteiger partial charge >= 0.3 is 5.97 Å². The summed E-state index contributed by atoms with van der Waals surface area (Å²) in [6.45, 7) is 5.60. The Labute approximate surface area is 151 Å². The van der Waals surface area contributed by atoms with Crippen molar-refractivity contribution in [3.05, 3.63) is 53.6 Å². The highest BCUT2D eigenvalue weighted by molar-refractivity contribution is 5.93. The normalized spacial score (nSPS) is 10.9. The first-order valence-electron chi connectivity index (χ1n) is 8.57. The van der Waals surface area contributed by atoms with Crippen LogP contribution in [0.2, 0.25) is 0 Å². The highest BCUT2D eigenvalue weighted by atomic mass is 16.4. The summed E-state index contributed by atoms with van der Waals surface area (Å²) >= 11 is 0. The zero-order chi connectivity index (χ0) is 18.7. The van der Waals surface area contributed by atoms with E-state index >= 15 is 0 Å². The van der Waals surface area contributed by atoms with E-state index in [1.165, 1.54) is 6.07 Å². The Hall–Kier alpha value is -2.99. The summed E-state index contributed by atoms with van der Waals surface area (Å²) in [4.78, 5) is 22.8. The molecule has 0 radical (unpaired) electrons. The van der Waals surface area contributed by atoms with E-state index in [9.17, 15) is 15.0 Å². The SMILES string of the molecule is CCN(CC)c1nc2cc(C(=O)O)ccc2nc1-c1ccc(CO)cc1. The predicted molar refractivity (Wildman–Crippen MR) is 101 cm³/mol. The van der Waals surface area contributed by atoms with Crippen LogP contribution in [0.5, 0.6) is 0 Å². The molecule has 26 heavy (non-hydrogen) atoms. The molecule has 1 heterocycles. The average Bonchev–Trinajstić information content (AvgIpc) is 2.68. The van der Waals surface area contributed by atoms with E-state index < -0.39 is 5.97 Å². The Bertz CT molecular complexity index is 935. The van der Waals surface area contributed by atoms with E-state index in [0.29, 0.717) is 11.0 Å². The smallest absolute Gasteiger partial charge is 0.335 e. The fourth-order valence-corrected chi connectivity index (χ4v) is 2.88. The molecule has 0 aliphatic carbocycles. The summed E-state index contributed by atoms with van der Waals surface area (Å²) in [5, 5.41) is 18.5. The molecule has 0 bridgehead atoms. The van der Waals surface area contributed by atoms with Crippen molar-refractivity contribution in [3.63, 3.8) is 0 Å². The molecule has 134 valence electrons. The van der Waals surface area contributed by atoms with Gasteiger partial charge in [0.05, 0.1) is 23.2 Å². The minimum Gasteiger partial charge on any atom is -0.478 e. The van der Waals surface area contributed by atoms with Crippen LogP contribution in [0.4, 0.5) is 5.82 Å². The van der Waals surface area contributed by atoms with E-state index in [4.69, 9.17) is 9.97 Å². The minimum absolute atomic E-state index is 0.00938. The fraction of sp³-hybridized carbons (Fsp3) is 0.250. The summed E-state index contributed by atoms with van der Waals surface area (Å²) in [6, 6.07) is 12.3. The maximum atomic E-state index is 11.2. The molecule has 3 aromatic rings. The third-order valence-corrected chi connectivity index (χ3v) is 4.37. The fourth-order valence-electron chi connectivity index (χ4n) is 2.88. The lowest BCUT2D eigenvalue weighted by Crippen LogP contribution is -2.24. The number of nitrogens with zero attached hydrogens (tertiary/aromatic N) is 3. The number of aromatic carboxylic acids is 1. The van der Waals surface area contributed by atoms with Gasteiger partial charge in [0.1, 0.15) is 5.69 Å².